The first-order valence-electron chi connectivity index (χ1n) is 7.46. The molecule has 2 aromatic carbocycles. The molecule has 0 aliphatic heterocycles. The van der Waals surface area contributed by atoms with Crippen LogP contribution in [-0.4, -0.2) is 11.7 Å². The van der Waals surface area contributed by atoms with Crippen molar-refractivity contribution in [3.63, 3.8) is 0 Å². The van der Waals surface area contributed by atoms with Crippen molar-refractivity contribution in [2.45, 2.75) is 39.7 Å². The van der Waals surface area contributed by atoms with Gasteiger partial charge in [-0.15, -0.1) is 0 Å². The fourth-order valence-corrected chi connectivity index (χ4v) is 2.82. The highest BCUT2D eigenvalue weighted by atomic mass is 16.3. The molecule has 0 aliphatic carbocycles. The van der Waals surface area contributed by atoms with E-state index in [9.17, 15) is 5.11 Å². The van der Waals surface area contributed by atoms with Gasteiger partial charge in [0.05, 0.1) is 6.10 Å². The minimum absolute atomic E-state index is 0.0780. The van der Waals surface area contributed by atoms with Gasteiger partial charge in [0.1, 0.15) is 0 Å². The van der Waals surface area contributed by atoms with Crippen LogP contribution in [0, 0.1) is 27.7 Å². The van der Waals surface area contributed by atoms with Gasteiger partial charge >= 0.3 is 0 Å². The number of aryl methyl sites for hydroxylation is 4. The number of aliphatic hydroxyl groups is 1. The molecule has 21 heavy (non-hydrogen) atoms. The van der Waals surface area contributed by atoms with Crippen LogP contribution in [0.3, 0.4) is 0 Å². The van der Waals surface area contributed by atoms with Crippen molar-refractivity contribution in [1.82, 2.24) is 0 Å². The van der Waals surface area contributed by atoms with Crippen LogP contribution in [-0.2, 0) is 0 Å². The number of benzene rings is 2. The lowest BCUT2D eigenvalue weighted by Crippen LogP contribution is -2.21. The molecule has 2 heteroatoms. The molecule has 0 saturated heterocycles. The summed E-state index contributed by atoms with van der Waals surface area (Å²) in [5.74, 6) is -0.0780. The van der Waals surface area contributed by atoms with Crippen molar-refractivity contribution in [2.75, 3.05) is 6.54 Å². The zero-order valence-electron chi connectivity index (χ0n) is 13.4. The SMILES string of the molecule is Cc1ccc(C(O)C(CN)c2ccc(C)c(C)c2)c(C)c1. The van der Waals surface area contributed by atoms with Gasteiger partial charge in [0.25, 0.3) is 0 Å². The molecule has 2 nitrogen and oxygen atoms in total. The summed E-state index contributed by atoms with van der Waals surface area (Å²) >= 11 is 0. The van der Waals surface area contributed by atoms with Gasteiger partial charge in [0.15, 0.2) is 0 Å². The normalized spacial score (nSPS) is 14.0. The summed E-state index contributed by atoms with van der Waals surface area (Å²) in [6.07, 6.45) is -0.572. The van der Waals surface area contributed by atoms with Crippen LogP contribution >= 0.6 is 0 Å². The third kappa shape index (κ3) is 3.34. The largest absolute Gasteiger partial charge is 0.388 e. The summed E-state index contributed by atoms with van der Waals surface area (Å²) in [5, 5.41) is 10.8. The Hall–Kier alpha value is -1.64. The Bertz CT molecular complexity index is 633. The Labute approximate surface area is 127 Å². The average molecular weight is 283 g/mol. The molecule has 0 heterocycles. The molecule has 3 N–H and O–H groups in total. The molecule has 0 fully saturated rings. The van der Waals surface area contributed by atoms with Crippen molar-refractivity contribution in [2.24, 2.45) is 5.73 Å². The van der Waals surface area contributed by atoms with E-state index >= 15 is 0 Å². The first-order valence-corrected chi connectivity index (χ1v) is 7.46. The molecule has 2 aromatic rings. The second-order valence-corrected chi connectivity index (χ2v) is 5.99. The highest BCUT2D eigenvalue weighted by Gasteiger charge is 2.23. The lowest BCUT2D eigenvalue weighted by Gasteiger charge is -2.24. The maximum atomic E-state index is 10.8. The summed E-state index contributed by atoms with van der Waals surface area (Å²) < 4.78 is 0. The Kier molecular flexibility index (Phi) is 4.81. The van der Waals surface area contributed by atoms with Crippen LogP contribution in [0.2, 0.25) is 0 Å². The van der Waals surface area contributed by atoms with Gasteiger partial charge in [-0.3, -0.25) is 0 Å². The van der Waals surface area contributed by atoms with E-state index in [1.807, 2.05) is 19.1 Å². The quantitative estimate of drug-likeness (QED) is 0.899. The zero-order chi connectivity index (χ0) is 15.6. The van der Waals surface area contributed by atoms with E-state index in [0.717, 1.165) is 16.7 Å². The Morgan fingerprint density at radius 3 is 2.19 bits per heavy atom. The van der Waals surface area contributed by atoms with E-state index in [4.69, 9.17) is 5.73 Å². The lowest BCUT2D eigenvalue weighted by atomic mass is 9.86. The van der Waals surface area contributed by atoms with Gasteiger partial charge in [-0.05, 0) is 55.5 Å². The second-order valence-electron chi connectivity index (χ2n) is 5.99. The molecule has 0 amide bonds. The van der Waals surface area contributed by atoms with E-state index in [1.165, 1.54) is 16.7 Å². The highest BCUT2D eigenvalue weighted by molar-refractivity contribution is 5.37. The predicted octanol–water partition coefficient (Wildman–Crippen LogP) is 3.70. The minimum Gasteiger partial charge on any atom is -0.388 e. The molecule has 0 aliphatic rings. The van der Waals surface area contributed by atoms with Crippen LogP contribution in [0.4, 0.5) is 0 Å². The molecule has 2 rings (SSSR count). The van der Waals surface area contributed by atoms with E-state index < -0.39 is 6.10 Å². The standard InChI is InChI=1S/C19H25NO/c1-12-5-8-17(15(4)9-12)19(21)18(11-20)16-7-6-13(2)14(3)10-16/h5-10,18-19,21H,11,20H2,1-4H3. The molecule has 0 spiro atoms. The molecule has 0 bridgehead atoms. The van der Waals surface area contributed by atoms with Gasteiger partial charge in [-0.1, -0.05) is 42.0 Å². The predicted molar refractivity (Wildman–Crippen MR) is 88.6 cm³/mol. The van der Waals surface area contributed by atoms with E-state index in [-0.39, 0.29) is 5.92 Å². The first-order chi connectivity index (χ1) is 9.93. The molecule has 2 unspecified atom stereocenters. The zero-order valence-corrected chi connectivity index (χ0v) is 13.4. The molecule has 0 saturated carbocycles. The van der Waals surface area contributed by atoms with Crippen molar-refractivity contribution in [3.05, 3.63) is 69.8 Å². The number of hydrogen-bond acceptors (Lipinski definition) is 2. The van der Waals surface area contributed by atoms with Gasteiger partial charge < -0.3 is 10.8 Å². The topological polar surface area (TPSA) is 46.2 Å². The van der Waals surface area contributed by atoms with Gasteiger partial charge in [-0.2, -0.15) is 0 Å². The lowest BCUT2D eigenvalue weighted by molar-refractivity contribution is 0.146. The fraction of sp³-hybridized carbons (Fsp3) is 0.368. The Morgan fingerprint density at radius 1 is 0.905 bits per heavy atom. The van der Waals surface area contributed by atoms with Crippen LogP contribution in [0.15, 0.2) is 36.4 Å². The van der Waals surface area contributed by atoms with Gasteiger partial charge in [0, 0.05) is 12.5 Å². The van der Waals surface area contributed by atoms with Crippen LogP contribution in [0.5, 0.6) is 0 Å². The van der Waals surface area contributed by atoms with Crippen molar-refractivity contribution in [1.29, 1.82) is 0 Å². The van der Waals surface area contributed by atoms with Crippen LogP contribution in [0.1, 0.15) is 45.4 Å². The second kappa shape index (κ2) is 6.42. The Morgan fingerprint density at radius 2 is 1.62 bits per heavy atom. The average Bonchev–Trinajstić information content (AvgIpc) is 2.43. The summed E-state index contributed by atoms with van der Waals surface area (Å²) in [6.45, 7) is 8.72. The first kappa shape index (κ1) is 15.7. The third-order valence-corrected chi connectivity index (χ3v) is 4.34. The maximum absolute atomic E-state index is 10.8. The number of aliphatic hydroxyl groups excluding tert-OH is 1. The van der Waals surface area contributed by atoms with Crippen molar-refractivity contribution < 1.29 is 5.11 Å². The maximum Gasteiger partial charge on any atom is 0.0873 e. The minimum atomic E-state index is -0.572. The van der Waals surface area contributed by atoms with Crippen molar-refractivity contribution in [3.8, 4) is 0 Å². The van der Waals surface area contributed by atoms with E-state index in [0.29, 0.717) is 6.54 Å². The Balaban J connectivity index is 2.37. The molecular formula is C19H25NO. The van der Waals surface area contributed by atoms with Gasteiger partial charge in [-0.25, -0.2) is 0 Å². The summed E-state index contributed by atoms with van der Waals surface area (Å²) in [7, 11) is 0. The molecule has 112 valence electrons. The van der Waals surface area contributed by atoms with Crippen molar-refractivity contribution >= 4 is 0 Å². The van der Waals surface area contributed by atoms with E-state index in [1.54, 1.807) is 0 Å². The summed E-state index contributed by atoms with van der Waals surface area (Å²) in [5.41, 5.74) is 12.8. The molecule has 0 radical (unpaired) electrons. The van der Waals surface area contributed by atoms with Crippen LogP contribution < -0.4 is 5.73 Å². The number of hydrogen-bond donors (Lipinski definition) is 2. The number of rotatable bonds is 4. The molecular weight excluding hydrogens is 258 g/mol. The third-order valence-electron chi connectivity index (χ3n) is 4.34. The fourth-order valence-electron chi connectivity index (χ4n) is 2.82. The van der Waals surface area contributed by atoms with E-state index in [2.05, 4.69) is 45.0 Å². The number of nitrogens with two attached hydrogens (primary N) is 1. The smallest absolute Gasteiger partial charge is 0.0873 e. The summed E-state index contributed by atoms with van der Waals surface area (Å²) in [6, 6.07) is 12.5. The molecule has 2 atom stereocenters. The summed E-state index contributed by atoms with van der Waals surface area (Å²) in [4.78, 5) is 0. The van der Waals surface area contributed by atoms with Gasteiger partial charge in [0.2, 0.25) is 0 Å². The monoisotopic (exact) mass is 283 g/mol. The molecule has 0 aromatic heterocycles. The highest BCUT2D eigenvalue weighted by Crippen LogP contribution is 2.33. The van der Waals surface area contributed by atoms with Crippen LogP contribution in [0.25, 0.3) is 0 Å².